The van der Waals surface area contributed by atoms with E-state index in [2.05, 4.69) is 10.4 Å². The summed E-state index contributed by atoms with van der Waals surface area (Å²) in [5.41, 5.74) is 2.36. The SMILES string of the molecule is COCCN(CCC(=O)NCc1ccc(F)cc1)C(=O)c1cc2n(n1)CCCN(Cc1ccccc1)C2=O. The summed E-state index contributed by atoms with van der Waals surface area (Å²) in [5, 5.41) is 7.23. The van der Waals surface area contributed by atoms with E-state index in [-0.39, 0.29) is 55.3 Å². The highest BCUT2D eigenvalue weighted by Gasteiger charge is 2.28. The van der Waals surface area contributed by atoms with E-state index in [1.54, 1.807) is 27.8 Å². The molecule has 2 heterocycles. The Balaban J connectivity index is 1.40. The van der Waals surface area contributed by atoms with E-state index in [0.717, 1.165) is 17.5 Å². The number of fused-ring (bicyclic) bond motifs is 1. The lowest BCUT2D eigenvalue weighted by Gasteiger charge is -2.21. The third kappa shape index (κ3) is 7.04. The maximum Gasteiger partial charge on any atom is 0.274 e. The predicted octanol–water partition coefficient (Wildman–Crippen LogP) is 2.86. The summed E-state index contributed by atoms with van der Waals surface area (Å²) in [5.74, 6) is -1.11. The summed E-state index contributed by atoms with van der Waals surface area (Å²) in [7, 11) is 1.54. The fourth-order valence-corrected chi connectivity index (χ4v) is 4.30. The molecule has 4 rings (SSSR count). The highest BCUT2D eigenvalue weighted by Crippen LogP contribution is 2.18. The highest BCUT2D eigenvalue weighted by molar-refractivity contribution is 5.98. The molecule has 0 spiro atoms. The lowest BCUT2D eigenvalue weighted by Crippen LogP contribution is -2.37. The number of hydrogen-bond acceptors (Lipinski definition) is 5. The molecule has 1 N–H and O–H groups in total. The van der Waals surface area contributed by atoms with Crippen molar-refractivity contribution in [3.8, 4) is 0 Å². The lowest BCUT2D eigenvalue weighted by molar-refractivity contribution is -0.121. The van der Waals surface area contributed by atoms with E-state index in [4.69, 9.17) is 4.74 Å². The minimum Gasteiger partial charge on any atom is -0.383 e. The van der Waals surface area contributed by atoms with Gasteiger partial charge in [0, 0.05) is 58.9 Å². The number of amides is 3. The van der Waals surface area contributed by atoms with Crippen molar-refractivity contribution in [2.75, 3.05) is 33.4 Å². The number of nitrogens with one attached hydrogen (secondary N) is 1. The van der Waals surface area contributed by atoms with Crippen LogP contribution in [0.1, 0.15) is 44.9 Å². The second-order valence-corrected chi connectivity index (χ2v) is 9.14. The normalized spacial score (nSPS) is 13.1. The van der Waals surface area contributed by atoms with Crippen molar-refractivity contribution in [3.63, 3.8) is 0 Å². The molecule has 1 aliphatic rings. The van der Waals surface area contributed by atoms with Crippen LogP contribution in [-0.2, 0) is 29.2 Å². The Hall–Kier alpha value is -4.05. The molecule has 0 radical (unpaired) electrons. The van der Waals surface area contributed by atoms with Gasteiger partial charge in [-0.1, -0.05) is 42.5 Å². The summed E-state index contributed by atoms with van der Waals surface area (Å²) < 4.78 is 19.8. The number of ether oxygens (including phenoxy) is 1. The first-order valence-electron chi connectivity index (χ1n) is 12.6. The summed E-state index contributed by atoms with van der Waals surface area (Å²) in [4.78, 5) is 42.4. The number of methoxy groups -OCH3 is 1. The molecule has 0 fully saturated rings. The highest BCUT2D eigenvalue weighted by atomic mass is 19.1. The molecule has 3 aromatic rings. The van der Waals surface area contributed by atoms with E-state index in [9.17, 15) is 18.8 Å². The first kappa shape index (κ1) is 27.0. The third-order valence-corrected chi connectivity index (χ3v) is 6.38. The number of nitrogens with zero attached hydrogens (tertiary/aromatic N) is 4. The molecule has 0 atom stereocenters. The minimum absolute atomic E-state index is 0.0774. The van der Waals surface area contributed by atoms with Gasteiger partial charge < -0.3 is 19.9 Å². The van der Waals surface area contributed by atoms with Crippen LogP contribution in [0.15, 0.2) is 60.7 Å². The van der Waals surface area contributed by atoms with Crippen LogP contribution in [-0.4, -0.2) is 70.7 Å². The number of carbonyl (C=O) groups excluding carboxylic acids is 3. The molecule has 1 aliphatic heterocycles. The zero-order valence-corrected chi connectivity index (χ0v) is 21.4. The van der Waals surface area contributed by atoms with Crippen molar-refractivity contribution in [2.24, 2.45) is 0 Å². The molecule has 0 saturated heterocycles. The smallest absolute Gasteiger partial charge is 0.274 e. The number of aryl methyl sites for hydroxylation is 1. The fourth-order valence-electron chi connectivity index (χ4n) is 4.30. The van der Waals surface area contributed by atoms with Crippen molar-refractivity contribution >= 4 is 17.7 Å². The van der Waals surface area contributed by atoms with Gasteiger partial charge in [-0.15, -0.1) is 0 Å². The molecule has 10 heteroatoms. The van der Waals surface area contributed by atoms with Gasteiger partial charge in [0.2, 0.25) is 5.91 Å². The standard InChI is InChI=1S/C28H32FN5O4/c1-38-17-16-32(15-12-26(35)30-19-21-8-10-23(29)11-9-21)27(36)24-18-25-28(37)33(13-5-14-34(25)31-24)20-22-6-3-2-4-7-22/h2-4,6-11,18H,5,12-17,19-20H2,1H3,(H,30,35). The van der Waals surface area contributed by atoms with Crippen molar-refractivity contribution in [3.05, 3.63) is 89.0 Å². The van der Waals surface area contributed by atoms with Crippen LogP contribution in [0.25, 0.3) is 0 Å². The Bertz CT molecular complexity index is 1250. The lowest BCUT2D eigenvalue weighted by atomic mass is 10.2. The number of rotatable bonds is 11. The van der Waals surface area contributed by atoms with Gasteiger partial charge in [-0.2, -0.15) is 5.10 Å². The van der Waals surface area contributed by atoms with Gasteiger partial charge in [-0.05, 0) is 29.7 Å². The van der Waals surface area contributed by atoms with Crippen molar-refractivity contribution < 1.29 is 23.5 Å². The van der Waals surface area contributed by atoms with Crippen molar-refractivity contribution in [1.29, 1.82) is 0 Å². The van der Waals surface area contributed by atoms with Crippen molar-refractivity contribution in [2.45, 2.75) is 32.5 Å². The average molecular weight is 522 g/mol. The van der Waals surface area contributed by atoms with Crippen LogP contribution < -0.4 is 5.32 Å². The number of halogens is 1. The topological polar surface area (TPSA) is 96.8 Å². The molecule has 0 saturated carbocycles. The molecular weight excluding hydrogens is 489 g/mol. The van der Waals surface area contributed by atoms with Gasteiger partial charge in [0.15, 0.2) is 5.69 Å². The molecule has 0 aliphatic carbocycles. The summed E-state index contributed by atoms with van der Waals surface area (Å²) in [6.07, 6.45) is 0.802. The number of carbonyl (C=O) groups is 3. The van der Waals surface area contributed by atoms with Gasteiger partial charge in [0.05, 0.1) is 6.61 Å². The third-order valence-electron chi connectivity index (χ3n) is 6.38. The van der Waals surface area contributed by atoms with Crippen LogP contribution in [0.5, 0.6) is 0 Å². The molecule has 0 bridgehead atoms. The monoisotopic (exact) mass is 521 g/mol. The van der Waals surface area contributed by atoms with Crippen LogP contribution in [0.2, 0.25) is 0 Å². The average Bonchev–Trinajstić information content (AvgIpc) is 3.30. The van der Waals surface area contributed by atoms with Gasteiger partial charge in [0.25, 0.3) is 11.8 Å². The molecule has 200 valence electrons. The Morgan fingerprint density at radius 3 is 2.55 bits per heavy atom. The Labute approximate surface area is 221 Å². The van der Waals surface area contributed by atoms with E-state index in [1.165, 1.54) is 24.1 Å². The first-order chi connectivity index (χ1) is 18.4. The van der Waals surface area contributed by atoms with Gasteiger partial charge in [0.1, 0.15) is 11.5 Å². The minimum atomic E-state index is -0.364. The maximum absolute atomic E-state index is 13.4. The molecule has 9 nitrogen and oxygen atoms in total. The van der Waals surface area contributed by atoms with Crippen LogP contribution in [0.3, 0.4) is 0 Å². The molecule has 2 aromatic carbocycles. The zero-order valence-electron chi connectivity index (χ0n) is 21.4. The maximum atomic E-state index is 13.4. The van der Waals surface area contributed by atoms with Crippen LogP contribution in [0, 0.1) is 5.82 Å². The first-order valence-corrected chi connectivity index (χ1v) is 12.6. The summed E-state index contributed by atoms with van der Waals surface area (Å²) in [6.45, 7) is 2.61. The number of benzene rings is 2. The molecule has 38 heavy (non-hydrogen) atoms. The fraction of sp³-hybridized carbons (Fsp3) is 0.357. The second kappa shape index (κ2) is 13.0. The Morgan fingerprint density at radius 1 is 1.05 bits per heavy atom. The quantitative estimate of drug-likeness (QED) is 0.419. The van der Waals surface area contributed by atoms with E-state index in [0.29, 0.717) is 31.9 Å². The summed E-state index contributed by atoms with van der Waals surface area (Å²) >= 11 is 0. The van der Waals surface area contributed by atoms with Gasteiger partial charge in [-0.25, -0.2) is 4.39 Å². The molecular formula is C28H32FN5O4. The second-order valence-electron chi connectivity index (χ2n) is 9.14. The largest absolute Gasteiger partial charge is 0.383 e. The van der Waals surface area contributed by atoms with Crippen LogP contribution in [0.4, 0.5) is 4.39 Å². The molecule has 3 amide bonds. The zero-order chi connectivity index (χ0) is 26.9. The van der Waals surface area contributed by atoms with Gasteiger partial charge >= 0.3 is 0 Å². The Morgan fingerprint density at radius 2 is 1.82 bits per heavy atom. The van der Waals surface area contributed by atoms with E-state index < -0.39 is 0 Å². The predicted molar refractivity (Wildman–Crippen MR) is 139 cm³/mol. The summed E-state index contributed by atoms with van der Waals surface area (Å²) in [6, 6.07) is 17.2. The van der Waals surface area contributed by atoms with Crippen molar-refractivity contribution in [1.82, 2.24) is 24.9 Å². The molecule has 0 unspecified atom stereocenters. The Kier molecular flexibility index (Phi) is 9.21. The van der Waals surface area contributed by atoms with E-state index in [1.807, 2.05) is 30.3 Å². The number of hydrogen-bond donors (Lipinski definition) is 1. The van der Waals surface area contributed by atoms with E-state index >= 15 is 0 Å². The molecule has 1 aromatic heterocycles. The number of aromatic nitrogens is 2. The van der Waals surface area contributed by atoms with Crippen LogP contribution >= 0.6 is 0 Å². The van der Waals surface area contributed by atoms with Gasteiger partial charge in [-0.3, -0.25) is 19.1 Å².